The third-order valence-corrected chi connectivity index (χ3v) is 4.80. The second-order valence-corrected chi connectivity index (χ2v) is 6.80. The number of rotatable bonds is 7. The minimum Gasteiger partial charge on any atom is -0.473 e. The van der Waals surface area contributed by atoms with E-state index in [1.54, 1.807) is 6.07 Å². The van der Waals surface area contributed by atoms with Gasteiger partial charge in [0.2, 0.25) is 5.88 Å². The van der Waals surface area contributed by atoms with E-state index < -0.39 is 11.6 Å². The molecule has 1 aromatic heterocycles. The minimum atomic E-state index is -0.639. The number of anilines is 1. The summed E-state index contributed by atoms with van der Waals surface area (Å²) in [5.74, 6) is 0.104. The molecule has 0 aliphatic carbocycles. The van der Waals surface area contributed by atoms with Gasteiger partial charge in [-0.25, -0.2) is 8.78 Å². The Kier molecular flexibility index (Phi) is 6.79. The lowest BCUT2D eigenvalue weighted by molar-refractivity contribution is -0.144. The third-order valence-electron chi connectivity index (χ3n) is 4.80. The fourth-order valence-corrected chi connectivity index (χ4v) is 3.27. The zero-order valence-corrected chi connectivity index (χ0v) is 15.9. The quantitative estimate of drug-likeness (QED) is 0.666. The second kappa shape index (κ2) is 9.48. The monoisotopic (exact) mass is 390 g/mol. The van der Waals surface area contributed by atoms with Crippen LogP contribution in [-0.4, -0.2) is 30.6 Å². The SMILES string of the molecule is CCOC(=O)CC1CCN(c2cccc(OCc3ccc(F)cc3F)n2)CC1. The van der Waals surface area contributed by atoms with E-state index in [-0.39, 0.29) is 18.1 Å². The predicted octanol–water partition coefficient (Wildman–Crippen LogP) is 4.11. The van der Waals surface area contributed by atoms with Gasteiger partial charge in [-0.3, -0.25) is 4.79 Å². The number of nitrogens with zero attached hydrogens (tertiary/aromatic N) is 2. The van der Waals surface area contributed by atoms with Gasteiger partial charge in [-0.1, -0.05) is 6.07 Å². The lowest BCUT2D eigenvalue weighted by atomic mass is 9.93. The van der Waals surface area contributed by atoms with Gasteiger partial charge in [0.15, 0.2) is 0 Å². The molecule has 1 aliphatic heterocycles. The number of esters is 1. The lowest BCUT2D eigenvalue weighted by Gasteiger charge is -2.32. The van der Waals surface area contributed by atoms with Gasteiger partial charge in [-0.15, -0.1) is 0 Å². The Morgan fingerprint density at radius 1 is 1.21 bits per heavy atom. The number of benzene rings is 1. The summed E-state index contributed by atoms with van der Waals surface area (Å²) in [5, 5.41) is 0. The van der Waals surface area contributed by atoms with Crippen LogP contribution in [0, 0.1) is 17.6 Å². The van der Waals surface area contributed by atoms with Crippen LogP contribution in [0.25, 0.3) is 0 Å². The Bertz CT molecular complexity index is 808. The molecule has 2 aromatic rings. The molecule has 1 saturated heterocycles. The Morgan fingerprint density at radius 3 is 2.71 bits per heavy atom. The van der Waals surface area contributed by atoms with Crippen molar-refractivity contribution in [3.8, 4) is 5.88 Å². The highest BCUT2D eigenvalue weighted by molar-refractivity contribution is 5.69. The maximum atomic E-state index is 13.7. The number of carbonyl (C=O) groups excluding carboxylic acids is 1. The van der Waals surface area contributed by atoms with Crippen molar-refractivity contribution in [3.63, 3.8) is 0 Å². The highest BCUT2D eigenvalue weighted by Gasteiger charge is 2.23. The normalized spacial score (nSPS) is 14.8. The van der Waals surface area contributed by atoms with E-state index in [1.165, 1.54) is 12.1 Å². The molecule has 0 unspecified atom stereocenters. The zero-order chi connectivity index (χ0) is 19.9. The molecule has 0 N–H and O–H groups in total. The standard InChI is InChI=1S/C21H24F2N2O3/c1-2-27-21(26)12-15-8-10-25(11-9-15)19-4-3-5-20(24-19)28-14-16-6-7-17(22)13-18(16)23/h3-7,13,15H,2,8-12,14H2,1H3. The van der Waals surface area contributed by atoms with Gasteiger partial charge in [0, 0.05) is 37.2 Å². The summed E-state index contributed by atoms with van der Waals surface area (Å²) < 4.78 is 37.3. The van der Waals surface area contributed by atoms with Crippen molar-refractivity contribution in [3.05, 3.63) is 53.6 Å². The largest absolute Gasteiger partial charge is 0.473 e. The number of hydrogen-bond acceptors (Lipinski definition) is 5. The molecule has 0 bridgehead atoms. The van der Waals surface area contributed by atoms with Crippen LogP contribution in [0.3, 0.4) is 0 Å². The molecule has 150 valence electrons. The number of halogens is 2. The molecule has 2 heterocycles. The maximum Gasteiger partial charge on any atom is 0.306 e. The molecular formula is C21H24F2N2O3. The molecule has 0 spiro atoms. The first-order chi connectivity index (χ1) is 13.5. The van der Waals surface area contributed by atoms with Crippen molar-refractivity contribution in [1.29, 1.82) is 0 Å². The van der Waals surface area contributed by atoms with E-state index >= 15 is 0 Å². The molecule has 28 heavy (non-hydrogen) atoms. The fourth-order valence-electron chi connectivity index (χ4n) is 3.27. The first-order valence-electron chi connectivity index (χ1n) is 9.49. The Hall–Kier alpha value is -2.70. The van der Waals surface area contributed by atoms with Gasteiger partial charge in [-0.05, 0) is 43.9 Å². The van der Waals surface area contributed by atoms with E-state index in [0.29, 0.717) is 24.8 Å². The van der Waals surface area contributed by atoms with Crippen molar-refractivity contribution in [2.45, 2.75) is 32.8 Å². The van der Waals surface area contributed by atoms with Gasteiger partial charge in [0.25, 0.3) is 0 Å². The summed E-state index contributed by atoms with van der Waals surface area (Å²) in [5.41, 5.74) is 0.272. The average molecular weight is 390 g/mol. The van der Waals surface area contributed by atoms with Crippen molar-refractivity contribution < 1.29 is 23.0 Å². The van der Waals surface area contributed by atoms with E-state index in [1.807, 2.05) is 19.1 Å². The molecule has 1 aliphatic rings. The molecule has 1 aromatic carbocycles. The second-order valence-electron chi connectivity index (χ2n) is 6.80. The number of carbonyl (C=O) groups is 1. The molecule has 0 amide bonds. The third kappa shape index (κ3) is 5.41. The van der Waals surface area contributed by atoms with E-state index in [9.17, 15) is 13.6 Å². The fraction of sp³-hybridized carbons (Fsp3) is 0.429. The van der Waals surface area contributed by atoms with Gasteiger partial charge in [0.1, 0.15) is 24.1 Å². The van der Waals surface area contributed by atoms with Crippen LogP contribution in [0.2, 0.25) is 0 Å². The first-order valence-corrected chi connectivity index (χ1v) is 9.49. The highest BCUT2D eigenvalue weighted by atomic mass is 19.1. The summed E-state index contributed by atoms with van der Waals surface area (Å²) in [7, 11) is 0. The summed E-state index contributed by atoms with van der Waals surface area (Å²) in [4.78, 5) is 18.3. The minimum absolute atomic E-state index is 0.0236. The molecule has 0 saturated carbocycles. The van der Waals surface area contributed by atoms with Crippen LogP contribution in [-0.2, 0) is 16.1 Å². The zero-order valence-electron chi connectivity index (χ0n) is 15.9. The Balaban J connectivity index is 1.54. The number of piperidine rings is 1. The number of pyridine rings is 1. The van der Waals surface area contributed by atoms with E-state index in [0.717, 1.165) is 37.8 Å². The average Bonchev–Trinajstić information content (AvgIpc) is 2.68. The van der Waals surface area contributed by atoms with Crippen molar-refractivity contribution in [1.82, 2.24) is 4.98 Å². The lowest BCUT2D eigenvalue weighted by Crippen LogP contribution is -2.35. The van der Waals surface area contributed by atoms with Crippen LogP contribution in [0.1, 0.15) is 31.7 Å². The summed E-state index contributed by atoms with van der Waals surface area (Å²) in [6, 6.07) is 8.84. The van der Waals surface area contributed by atoms with Gasteiger partial charge >= 0.3 is 5.97 Å². The summed E-state index contributed by atoms with van der Waals surface area (Å²) >= 11 is 0. The van der Waals surface area contributed by atoms with Gasteiger partial charge in [-0.2, -0.15) is 4.98 Å². The highest BCUT2D eigenvalue weighted by Crippen LogP contribution is 2.26. The summed E-state index contributed by atoms with van der Waals surface area (Å²) in [6.45, 7) is 3.80. The van der Waals surface area contributed by atoms with Crippen molar-refractivity contribution in [2.75, 3.05) is 24.6 Å². The Labute approximate surface area is 163 Å². The van der Waals surface area contributed by atoms with E-state index in [2.05, 4.69) is 9.88 Å². The topological polar surface area (TPSA) is 51.7 Å². The van der Waals surface area contributed by atoms with Crippen molar-refractivity contribution >= 4 is 11.8 Å². The van der Waals surface area contributed by atoms with Gasteiger partial charge < -0.3 is 14.4 Å². The molecular weight excluding hydrogens is 366 g/mol. The number of ether oxygens (including phenoxy) is 2. The van der Waals surface area contributed by atoms with E-state index in [4.69, 9.17) is 9.47 Å². The van der Waals surface area contributed by atoms with Crippen molar-refractivity contribution in [2.24, 2.45) is 5.92 Å². The number of hydrogen-bond donors (Lipinski definition) is 0. The predicted molar refractivity (Wildman–Crippen MR) is 101 cm³/mol. The molecule has 1 fully saturated rings. The van der Waals surface area contributed by atoms with Crippen LogP contribution in [0.5, 0.6) is 5.88 Å². The molecule has 3 rings (SSSR count). The van der Waals surface area contributed by atoms with Crippen LogP contribution in [0.15, 0.2) is 36.4 Å². The van der Waals surface area contributed by atoms with Crippen LogP contribution < -0.4 is 9.64 Å². The maximum absolute atomic E-state index is 13.7. The molecule has 0 atom stereocenters. The Morgan fingerprint density at radius 2 is 2.00 bits per heavy atom. The van der Waals surface area contributed by atoms with Gasteiger partial charge in [0.05, 0.1) is 6.61 Å². The summed E-state index contributed by atoms with van der Waals surface area (Å²) in [6.07, 6.45) is 2.25. The number of aromatic nitrogens is 1. The molecule has 7 heteroatoms. The smallest absolute Gasteiger partial charge is 0.306 e. The first kappa shape index (κ1) is 20.0. The van der Waals surface area contributed by atoms with Crippen LogP contribution >= 0.6 is 0 Å². The van der Waals surface area contributed by atoms with Crippen LogP contribution in [0.4, 0.5) is 14.6 Å². The molecule has 5 nitrogen and oxygen atoms in total. The molecule has 0 radical (unpaired) electrons.